The van der Waals surface area contributed by atoms with Crippen molar-refractivity contribution in [2.24, 2.45) is 4.99 Å². The molecule has 2 aromatic heterocycles. The smallest absolute Gasteiger partial charge is 0.332 e. The van der Waals surface area contributed by atoms with Gasteiger partial charge in [-0.2, -0.15) is 0 Å². The van der Waals surface area contributed by atoms with Crippen LogP contribution in [0.25, 0.3) is 0 Å². The van der Waals surface area contributed by atoms with Crippen molar-refractivity contribution in [3.63, 3.8) is 0 Å². The molecule has 0 unspecified atom stereocenters. The second-order valence-electron chi connectivity index (χ2n) is 11.1. The fourth-order valence-electron chi connectivity index (χ4n) is 5.67. The van der Waals surface area contributed by atoms with E-state index in [0.717, 1.165) is 25.0 Å². The monoisotopic (exact) mass is 622 g/mol. The number of pyridine rings is 1. The van der Waals surface area contributed by atoms with Gasteiger partial charge in [-0.1, -0.05) is 6.92 Å². The first-order valence-corrected chi connectivity index (χ1v) is 15.2. The van der Waals surface area contributed by atoms with E-state index in [1.807, 2.05) is 6.92 Å². The fraction of sp³-hybridized carbons (Fsp3) is 0.438. The number of fused-ring (bicyclic) bond motifs is 1. The summed E-state index contributed by atoms with van der Waals surface area (Å²) in [6.45, 7) is 3.98. The minimum absolute atomic E-state index is 0.0400. The van der Waals surface area contributed by atoms with E-state index in [4.69, 9.17) is 4.74 Å². The second-order valence-corrected chi connectivity index (χ2v) is 11.1. The number of rotatable bonds is 12. The van der Waals surface area contributed by atoms with Crippen molar-refractivity contribution < 1.29 is 23.1 Å². The van der Waals surface area contributed by atoms with E-state index in [1.54, 1.807) is 17.0 Å². The van der Waals surface area contributed by atoms with Crippen molar-refractivity contribution in [1.29, 1.82) is 0 Å². The molecule has 0 saturated carbocycles. The number of piperidine rings is 1. The molecule has 2 amide bonds. The van der Waals surface area contributed by atoms with E-state index in [2.05, 4.69) is 9.98 Å². The lowest BCUT2D eigenvalue weighted by atomic mass is 10.1. The Morgan fingerprint density at radius 1 is 1.02 bits per heavy atom. The zero-order valence-electron chi connectivity index (χ0n) is 25.4. The van der Waals surface area contributed by atoms with Crippen LogP contribution in [0.5, 0.6) is 0 Å². The Hall–Kier alpha value is -4.52. The molecule has 3 aromatic rings. The highest BCUT2D eigenvalue weighted by molar-refractivity contribution is 6.07. The summed E-state index contributed by atoms with van der Waals surface area (Å²) in [5.41, 5.74) is 0.713. The zero-order valence-corrected chi connectivity index (χ0v) is 25.4. The van der Waals surface area contributed by atoms with Gasteiger partial charge in [0.1, 0.15) is 11.6 Å². The van der Waals surface area contributed by atoms with Crippen LogP contribution in [0, 0.1) is 11.6 Å². The first-order chi connectivity index (χ1) is 21.7. The van der Waals surface area contributed by atoms with Crippen LogP contribution in [0.1, 0.15) is 60.5 Å². The van der Waals surface area contributed by atoms with Gasteiger partial charge >= 0.3 is 5.69 Å². The molecule has 0 bridgehead atoms. The molecule has 1 saturated heterocycles. The fourth-order valence-corrected chi connectivity index (χ4v) is 5.67. The van der Waals surface area contributed by atoms with Gasteiger partial charge in [0.25, 0.3) is 11.5 Å². The Labute approximate surface area is 258 Å². The third-order valence-electron chi connectivity index (χ3n) is 8.04. The minimum atomic E-state index is -1.14. The number of methoxy groups -OCH3 is 1. The highest BCUT2D eigenvalue weighted by atomic mass is 19.2. The van der Waals surface area contributed by atoms with Crippen LogP contribution >= 0.6 is 0 Å². The number of aromatic nitrogens is 3. The second kappa shape index (κ2) is 14.1. The maximum atomic E-state index is 14.0. The summed E-state index contributed by atoms with van der Waals surface area (Å²) in [6, 6.07) is 6.31. The quantitative estimate of drug-likeness (QED) is 0.305. The predicted molar refractivity (Wildman–Crippen MR) is 164 cm³/mol. The van der Waals surface area contributed by atoms with Crippen molar-refractivity contribution in [3.05, 3.63) is 85.7 Å². The normalized spacial score (nSPS) is 14.4. The van der Waals surface area contributed by atoms with Crippen LogP contribution < -0.4 is 16.1 Å². The van der Waals surface area contributed by atoms with Crippen molar-refractivity contribution in [2.45, 2.75) is 58.5 Å². The summed E-state index contributed by atoms with van der Waals surface area (Å²) >= 11 is 0. The van der Waals surface area contributed by atoms with Gasteiger partial charge in [-0.05, 0) is 56.0 Å². The average Bonchev–Trinajstić information content (AvgIpc) is 3.49. The summed E-state index contributed by atoms with van der Waals surface area (Å²) in [5, 5.41) is 0. The Kier molecular flexibility index (Phi) is 9.96. The van der Waals surface area contributed by atoms with Crippen LogP contribution in [-0.2, 0) is 29.0 Å². The molecule has 45 heavy (non-hydrogen) atoms. The van der Waals surface area contributed by atoms with Gasteiger partial charge in [-0.3, -0.25) is 28.4 Å². The van der Waals surface area contributed by atoms with Gasteiger partial charge in [0, 0.05) is 63.5 Å². The first-order valence-electron chi connectivity index (χ1n) is 15.2. The van der Waals surface area contributed by atoms with Crippen LogP contribution in [-0.4, -0.2) is 69.9 Å². The summed E-state index contributed by atoms with van der Waals surface area (Å²) in [6.07, 6.45) is 5.09. The molecular formula is C32H36F2N6O5. The molecule has 4 heterocycles. The Morgan fingerprint density at radius 3 is 2.53 bits per heavy atom. The van der Waals surface area contributed by atoms with Crippen molar-refractivity contribution in [1.82, 2.24) is 19.0 Å². The molecule has 0 radical (unpaired) electrons. The molecular weight excluding hydrogens is 586 g/mol. The molecule has 238 valence electrons. The highest BCUT2D eigenvalue weighted by Crippen LogP contribution is 2.26. The van der Waals surface area contributed by atoms with Gasteiger partial charge < -0.3 is 9.64 Å². The topological polar surface area (TPSA) is 119 Å². The van der Waals surface area contributed by atoms with Crippen molar-refractivity contribution >= 4 is 29.2 Å². The Balaban J connectivity index is 1.42. The third-order valence-corrected chi connectivity index (χ3v) is 8.04. The maximum absolute atomic E-state index is 14.0. The highest BCUT2D eigenvalue weighted by Gasteiger charge is 2.27. The molecule has 0 aliphatic carbocycles. The van der Waals surface area contributed by atoms with E-state index in [0.29, 0.717) is 55.0 Å². The lowest BCUT2D eigenvalue weighted by Crippen LogP contribution is -2.41. The standard InChI is InChI=1S/C32H36F2N6O5/c1-3-12-40-31(43)23-19-26(36-29(23)39(32(40)44)16-17-45-2)22-9-11-27(35-20-22)38(15-6-14-37-13-5-4-7-28(37)41)30(42)21-8-10-24(33)25(34)18-21/h8-11,18,20H,3-7,12-17,19H2,1-2H3. The molecule has 11 nitrogen and oxygen atoms in total. The molecule has 5 rings (SSSR count). The maximum Gasteiger partial charge on any atom is 0.332 e. The molecule has 2 aliphatic rings. The Morgan fingerprint density at radius 2 is 1.84 bits per heavy atom. The third kappa shape index (κ3) is 6.77. The van der Waals surface area contributed by atoms with E-state index in [-0.39, 0.29) is 55.5 Å². The van der Waals surface area contributed by atoms with Gasteiger partial charge in [0.15, 0.2) is 11.6 Å². The number of likely N-dealkylation sites (tertiary alicyclic amines) is 1. The SMILES string of the molecule is CCCn1c(=O)c2c(n(CCOC)c1=O)N=C(c1ccc(N(CCCN3CCCCC3=O)C(=O)c3ccc(F)c(F)c3)nc1)C2. The van der Waals surface area contributed by atoms with Crippen molar-refractivity contribution in [2.75, 3.05) is 38.3 Å². The summed E-state index contributed by atoms with van der Waals surface area (Å²) < 4.78 is 35.5. The van der Waals surface area contributed by atoms with E-state index >= 15 is 0 Å². The number of carbonyl (C=O) groups excluding carboxylic acids is 2. The average molecular weight is 623 g/mol. The number of anilines is 1. The number of ether oxygens (including phenoxy) is 1. The molecule has 1 aromatic carbocycles. The number of halogens is 2. The lowest BCUT2D eigenvalue weighted by Gasteiger charge is -2.28. The molecule has 1 fully saturated rings. The molecule has 0 spiro atoms. The molecule has 0 N–H and O–H groups in total. The van der Waals surface area contributed by atoms with Crippen LogP contribution in [0.4, 0.5) is 20.4 Å². The minimum Gasteiger partial charge on any atom is -0.383 e. The number of carbonyl (C=O) groups is 2. The van der Waals surface area contributed by atoms with Crippen LogP contribution in [0.3, 0.4) is 0 Å². The molecule has 13 heteroatoms. The summed E-state index contributed by atoms with van der Waals surface area (Å²) in [4.78, 5) is 64.5. The zero-order chi connectivity index (χ0) is 32.1. The number of hydrogen-bond donors (Lipinski definition) is 0. The lowest BCUT2D eigenvalue weighted by molar-refractivity contribution is -0.133. The summed E-state index contributed by atoms with van der Waals surface area (Å²) in [5.74, 6) is -2.11. The van der Waals surface area contributed by atoms with Gasteiger partial charge in [0.05, 0.1) is 24.4 Å². The van der Waals surface area contributed by atoms with Crippen molar-refractivity contribution in [3.8, 4) is 0 Å². The Bertz CT molecular complexity index is 1730. The van der Waals surface area contributed by atoms with Gasteiger partial charge in [-0.25, -0.2) is 23.6 Å². The van der Waals surface area contributed by atoms with E-state index < -0.39 is 23.2 Å². The molecule has 0 atom stereocenters. The van der Waals surface area contributed by atoms with Crippen LogP contribution in [0.15, 0.2) is 51.1 Å². The van der Waals surface area contributed by atoms with Gasteiger partial charge in [0.2, 0.25) is 5.91 Å². The van der Waals surface area contributed by atoms with E-state index in [1.165, 1.54) is 33.4 Å². The number of nitrogens with zero attached hydrogens (tertiary/aromatic N) is 6. The number of benzene rings is 1. The van der Waals surface area contributed by atoms with Crippen LogP contribution in [0.2, 0.25) is 0 Å². The number of hydrogen-bond acceptors (Lipinski definition) is 7. The summed E-state index contributed by atoms with van der Waals surface area (Å²) in [7, 11) is 1.53. The van der Waals surface area contributed by atoms with E-state index in [9.17, 15) is 28.0 Å². The largest absolute Gasteiger partial charge is 0.383 e. The number of amides is 2. The number of aliphatic imine (C=N–C) groups is 1. The first kappa shape index (κ1) is 31.9. The molecule has 2 aliphatic heterocycles. The van der Waals surface area contributed by atoms with Gasteiger partial charge in [-0.15, -0.1) is 0 Å². The predicted octanol–water partition coefficient (Wildman–Crippen LogP) is 3.47.